The Balaban J connectivity index is 1.78. The average Bonchev–Trinajstić information content (AvgIpc) is 3.33. The largest absolute Gasteiger partial charge is 0.496 e. The number of amides is 1. The lowest BCUT2D eigenvalue weighted by molar-refractivity contribution is -0.137. The maximum atomic E-state index is 12.9. The molecule has 35 heavy (non-hydrogen) atoms. The lowest BCUT2D eigenvalue weighted by Crippen LogP contribution is -2.08. The van der Waals surface area contributed by atoms with Gasteiger partial charge in [-0.15, -0.1) is 0 Å². The number of aliphatic carboxylic acids is 1. The number of hydrogen-bond donors (Lipinski definition) is 2. The number of carboxylic acids is 1. The summed E-state index contributed by atoms with van der Waals surface area (Å²) in [7, 11) is 3.36. The number of nitrogens with zero attached hydrogens (tertiary/aromatic N) is 1. The van der Waals surface area contributed by atoms with Gasteiger partial charge in [-0.1, -0.05) is 30.3 Å². The molecule has 0 aliphatic carbocycles. The van der Waals surface area contributed by atoms with Crippen LogP contribution in [-0.4, -0.2) is 41.2 Å². The van der Waals surface area contributed by atoms with Crippen molar-refractivity contribution in [2.75, 3.05) is 19.0 Å². The zero-order valence-electron chi connectivity index (χ0n) is 19.8. The molecule has 2 aromatic carbocycles. The van der Waals surface area contributed by atoms with Gasteiger partial charge in [-0.05, 0) is 42.7 Å². The Morgan fingerprint density at radius 2 is 1.91 bits per heavy atom. The molecule has 0 bridgehead atoms. The molecular formula is C27H26N2O6. The molecular weight excluding hydrogens is 448 g/mol. The summed E-state index contributed by atoms with van der Waals surface area (Å²) in [6.45, 7) is 1.91. The van der Waals surface area contributed by atoms with Crippen LogP contribution in [0.2, 0.25) is 0 Å². The number of carboxylic acid groups (broad SMARTS) is 1. The maximum absolute atomic E-state index is 12.9. The van der Waals surface area contributed by atoms with E-state index in [9.17, 15) is 19.5 Å². The Hall–Kier alpha value is -4.33. The van der Waals surface area contributed by atoms with Gasteiger partial charge >= 0.3 is 11.9 Å². The standard InChI is InChI=1S/C27H26N2O6/c1-4-35-27(33)21-15-29(2)23(19(21)11-12-25(30)31)14-20-18-10-9-16(13-22(18)28-26(20)32)17-7-5-6-8-24(17)34-3/h5-10,13-15H,4,11-12H2,1-3H3,(H,28,32)(H,30,31). The van der Waals surface area contributed by atoms with E-state index in [2.05, 4.69) is 5.32 Å². The second-order valence-corrected chi connectivity index (χ2v) is 8.10. The molecule has 0 unspecified atom stereocenters. The Morgan fingerprint density at radius 3 is 2.63 bits per heavy atom. The Labute approximate surface area is 202 Å². The molecule has 1 aliphatic heterocycles. The first kappa shape index (κ1) is 23.8. The summed E-state index contributed by atoms with van der Waals surface area (Å²) in [4.78, 5) is 36.7. The molecule has 0 radical (unpaired) electrons. The van der Waals surface area contributed by atoms with Crippen molar-refractivity contribution in [3.05, 3.63) is 71.0 Å². The minimum Gasteiger partial charge on any atom is -0.496 e. The van der Waals surface area contributed by atoms with Gasteiger partial charge < -0.3 is 24.5 Å². The molecule has 0 spiro atoms. The van der Waals surface area contributed by atoms with Crippen LogP contribution in [0.3, 0.4) is 0 Å². The number of hydrogen-bond acceptors (Lipinski definition) is 5. The van der Waals surface area contributed by atoms with E-state index in [0.717, 1.165) is 22.4 Å². The number of ether oxygens (including phenoxy) is 2. The van der Waals surface area contributed by atoms with Crippen molar-refractivity contribution >= 4 is 35.2 Å². The van der Waals surface area contributed by atoms with Gasteiger partial charge in [-0.25, -0.2) is 4.79 Å². The first-order valence-electron chi connectivity index (χ1n) is 11.2. The molecule has 180 valence electrons. The van der Waals surface area contributed by atoms with E-state index in [1.165, 1.54) is 0 Å². The average molecular weight is 475 g/mol. The highest BCUT2D eigenvalue weighted by Crippen LogP contribution is 2.39. The molecule has 2 N–H and O–H groups in total. The van der Waals surface area contributed by atoms with Gasteiger partial charge in [0.15, 0.2) is 0 Å². The number of aryl methyl sites for hydroxylation is 1. The van der Waals surface area contributed by atoms with E-state index in [0.29, 0.717) is 28.1 Å². The molecule has 0 fully saturated rings. The lowest BCUT2D eigenvalue weighted by atomic mass is 9.98. The summed E-state index contributed by atoms with van der Waals surface area (Å²) in [5, 5.41) is 12.1. The topological polar surface area (TPSA) is 107 Å². The monoisotopic (exact) mass is 474 g/mol. The third kappa shape index (κ3) is 4.68. The highest BCUT2D eigenvalue weighted by molar-refractivity contribution is 6.35. The molecule has 1 amide bonds. The summed E-state index contributed by atoms with van der Waals surface area (Å²) < 4.78 is 12.3. The number of esters is 1. The first-order chi connectivity index (χ1) is 16.8. The number of nitrogens with one attached hydrogen (secondary N) is 1. The zero-order chi connectivity index (χ0) is 25.1. The smallest absolute Gasteiger partial charge is 0.339 e. The van der Waals surface area contributed by atoms with Gasteiger partial charge in [0.2, 0.25) is 0 Å². The van der Waals surface area contributed by atoms with Crippen LogP contribution in [0.1, 0.15) is 40.5 Å². The summed E-state index contributed by atoms with van der Waals surface area (Å²) >= 11 is 0. The van der Waals surface area contributed by atoms with Crippen molar-refractivity contribution in [3.8, 4) is 16.9 Å². The van der Waals surface area contributed by atoms with Crippen LogP contribution >= 0.6 is 0 Å². The minimum absolute atomic E-state index is 0.130. The van der Waals surface area contributed by atoms with Gasteiger partial charge in [0.25, 0.3) is 5.91 Å². The normalized spacial score (nSPS) is 13.5. The second kappa shape index (κ2) is 9.89. The van der Waals surface area contributed by atoms with Crippen molar-refractivity contribution < 1.29 is 29.0 Å². The fraction of sp³-hybridized carbons (Fsp3) is 0.222. The summed E-state index contributed by atoms with van der Waals surface area (Å²) in [5.41, 5.74) is 5.03. The Morgan fingerprint density at radius 1 is 1.14 bits per heavy atom. The highest BCUT2D eigenvalue weighted by Gasteiger charge is 2.27. The number of rotatable bonds is 8. The van der Waals surface area contributed by atoms with Crippen molar-refractivity contribution in [1.82, 2.24) is 4.57 Å². The maximum Gasteiger partial charge on any atom is 0.339 e. The number of para-hydroxylation sites is 1. The van der Waals surface area contributed by atoms with Gasteiger partial charge in [0.05, 0.1) is 24.9 Å². The number of aromatic nitrogens is 1. The fourth-order valence-corrected chi connectivity index (χ4v) is 4.29. The molecule has 2 heterocycles. The van der Waals surface area contributed by atoms with Crippen LogP contribution in [0.4, 0.5) is 5.69 Å². The van der Waals surface area contributed by atoms with Crippen molar-refractivity contribution in [3.63, 3.8) is 0 Å². The minimum atomic E-state index is -0.977. The fourth-order valence-electron chi connectivity index (χ4n) is 4.29. The van der Waals surface area contributed by atoms with Crippen molar-refractivity contribution in [1.29, 1.82) is 0 Å². The van der Waals surface area contributed by atoms with Crippen LogP contribution in [0.25, 0.3) is 22.8 Å². The van der Waals surface area contributed by atoms with E-state index < -0.39 is 11.9 Å². The van der Waals surface area contributed by atoms with Gasteiger partial charge in [-0.3, -0.25) is 9.59 Å². The number of benzene rings is 2. The summed E-state index contributed by atoms with van der Waals surface area (Å²) in [6.07, 6.45) is 3.28. The quantitative estimate of drug-likeness (QED) is 0.371. The predicted molar refractivity (Wildman–Crippen MR) is 132 cm³/mol. The van der Waals surface area contributed by atoms with E-state index in [1.807, 2.05) is 42.5 Å². The number of carbonyl (C=O) groups excluding carboxylic acids is 2. The molecule has 0 atom stereocenters. The van der Waals surface area contributed by atoms with Crippen molar-refractivity contribution in [2.24, 2.45) is 7.05 Å². The molecule has 1 aromatic heterocycles. The van der Waals surface area contributed by atoms with Crippen molar-refractivity contribution in [2.45, 2.75) is 19.8 Å². The lowest BCUT2D eigenvalue weighted by Gasteiger charge is -2.10. The highest BCUT2D eigenvalue weighted by atomic mass is 16.5. The van der Waals surface area contributed by atoms with Crippen LogP contribution in [0, 0.1) is 0 Å². The number of anilines is 1. The third-order valence-electron chi connectivity index (χ3n) is 5.92. The number of fused-ring (bicyclic) bond motifs is 1. The van der Waals surface area contributed by atoms with Crippen LogP contribution in [0.5, 0.6) is 5.75 Å². The predicted octanol–water partition coefficient (Wildman–Crippen LogP) is 4.39. The molecule has 4 rings (SSSR count). The van der Waals surface area contributed by atoms with E-state index in [1.54, 1.807) is 37.9 Å². The Bertz CT molecular complexity index is 1350. The third-order valence-corrected chi connectivity index (χ3v) is 5.92. The first-order valence-corrected chi connectivity index (χ1v) is 11.2. The van der Waals surface area contributed by atoms with Gasteiger partial charge in [0, 0.05) is 42.2 Å². The SMILES string of the molecule is CCOC(=O)c1cn(C)c(C=C2C(=O)Nc3cc(-c4ccccc4OC)ccc32)c1CCC(=O)O. The molecule has 8 heteroatoms. The molecule has 3 aromatic rings. The molecule has 1 aliphatic rings. The van der Waals surface area contributed by atoms with Gasteiger partial charge in [-0.2, -0.15) is 0 Å². The van der Waals surface area contributed by atoms with Crippen LogP contribution in [-0.2, 0) is 27.8 Å². The summed E-state index contributed by atoms with van der Waals surface area (Å²) in [6, 6.07) is 13.3. The molecule has 0 saturated heterocycles. The zero-order valence-corrected chi connectivity index (χ0v) is 19.8. The van der Waals surface area contributed by atoms with Crippen LogP contribution in [0.15, 0.2) is 48.7 Å². The summed E-state index contributed by atoms with van der Waals surface area (Å²) in [5.74, 6) is -1.05. The Kier molecular flexibility index (Phi) is 6.73. The molecule has 0 saturated carbocycles. The van der Waals surface area contributed by atoms with E-state index in [-0.39, 0.29) is 25.4 Å². The number of carbonyl (C=O) groups is 3. The van der Waals surface area contributed by atoms with E-state index >= 15 is 0 Å². The van der Waals surface area contributed by atoms with E-state index in [4.69, 9.17) is 9.47 Å². The second-order valence-electron chi connectivity index (χ2n) is 8.10. The molecule has 8 nitrogen and oxygen atoms in total. The van der Waals surface area contributed by atoms with Crippen LogP contribution < -0.4 is 10.1 Å². The van der Waals surface area contributed by atoms with Gasteiger partial charge in [0.1, 0.15) is 5.75 Å². The number of methoxy groups -OCH3 is 1.